The van der Waals surface area contributed by atoms with Crippen LogP contribution in [-0.4, -0.2) is 35.1 Å². The van der Waals surface area contributed by atoms with Crippen LogP contribution < -0.4 is 0 Å². The summed E-state index contributed by atoms with van der Waals surface area (Å²) in [4.78, 5) is 13.9. The molecule has 0 unspecified atom stereocenters. The van der Waals surface area contributed by atoms with E-state index < -0.39 is 5.54 Å². The second-order valence-corrected chi connectivity index (χ2v) is 5.82. The standard InChI is InChI=1S/C13H25NO2/c1-10-5-7-11(8-6-10)12(16)14(4)13(2,3)9-15/h10-11,15H,5-9H2,1-4H3. The second kappa shape index (κ2) is 5.17. The molecule has 0 saturated heterocycles. The third-order valence-corrected chi connectivity index (χ3v) is 3.99. The van der Waals surface area contributed by atoms with Crippen LogP contribution in [-0.2, 0) is 4.79 Å². The Hall–Kier alpha value is -0.570. The number of aliphatic hydroxyl groups excluding tert-OH is 1. The summed E-state index contributed by atoms with van der Waals surface area (Å²) >= 11 is 0. The lowest BCUT2D eigenvalue weighted by Crippen LogP contribution is -2.50. The Morgan fingerprint density at radius 2 is 1.81 bits per heavy atom. The zero-order valence-corrected chi connectivity index (χ0v) is 11.0. The molecule has 0 radical (unpaired) electrons. The van der Waals surface area contributed by atoms with Gasteiger partial charge >= 0.3 is 0 Å². The summed E-state index contributed by atoms with van der Waals surface area (Å²) < 4.78 is 0. The first kappa shape index (κ1) is 13.5. The van der Waals surface area contributed by atoms with E-state index in [1.165, 1.54) is 0 Å². The van der Waals surface area contributed by atoms with Crippen molar-refractivity contribution in [2.75, 3.05) is 13.7 Å². The third kappa shape index (κ3) is 2.97. The molecule has 0 atom stereocenters. The molecule has 0 aliphatic heterocycles. The number of rotatable bonds is 3. The number of hydrogen-bond acceptors (Lipinski definition) is 2. The van der Waals surface area contributed by atoms with E-state index in [0.29, 0.717) is 0 Å². The Balaban J connectivity index is 2.57. The summed E-state index contributed by atoms with van der Waals surface area (Å²) in [7, 11) is 1.80. The highest BCUT2D eigenvalue weighted by atomic mass is 16.3. The van der Waals surface area contributed by atoms with Gasteiger partial charge in [-0.2, -0.15) is 0 Å². The normalized spacial score (nSPS) is 26.6. The van der Waals surface area contributed by atoms with Crippen molar-refractivity contribution in [2.45, 2.75) is 52.0 Å². The molecule has 0 aromatic carbocycles. The van der Waals surface area contributed by atoms with E-state index in [1.54, 1.807) is 11.9 Å². The molecular weight excluding hydrogens is 202 g/mol. The lowest BCUT2D eigenvalue weighted by Gasteiger charge is -2.37. The van der Waals surface area contributed by atoms with Crippen LogP contribution in [0, 0.1) is 11.8 Å². The fraction of sp³-hybridized carbons (Fsp3) is 0.923. The van der Waals surface area contributed by atoms with Gasteiger partial charge in [0.05, 0.1) is 12.1 Å². The van der Waals surface area contributed by atoms with Gasteiger partial charge in [0.15, 0.2) is 0 Å². The monoisotopic (exact) mass is 227 g/mol. The van der Waals surface area contributed by atoms with Crippen molar-refractivity contribution >= 4 is 5.91 Å². The molecule has 1 rings (SSSR count). The fourth-order valence-corrected chi connectivity index (χ4v) is 2.19. The van der Waals surface area contributed by atoms with E-state index in [4.69, 9.17) is 0 Å². The average molecular weight is 227 g/mol. The largest absolute Gasteiger partial charge is 0.394 e. The Morgan fingerprint density at radius 3 is 2.25 bits per heavy atom. The van der Waals surface area contributed by atoms with Crippen LogP contribution in [0.1, 0.15) is 46.5 Å². The van der Waals surface area contributed by atoms with Gasteiger partial charge in [0.1, 0.15) is 0 Å². The van der Waals surface area contributed by atoms with E-state index in [0.717, 1.165) is 31.6 Å². The molecule has 1 saturated carbocycles. The molecule has 0 aromatic rings. The van der Waals surface area contributed by atoms with Gasteiger partial charge in [-0.3, -0.25) is 4.79 Å². The molecule has 16 heavy (non-hydrogen) atoms. The third-order valence-electron chi connectivity index (χ3n) is 3.99. The van der Waals surface area contributed by atoms with Gasteiger partial charge < -0.3 is 10.0 Å². The molecule has 3 nitrogen and oxygen atoms in total. The maximum absolute atomic E-state index is 12.2. The van der Waals surface area contributed by atoms with E-state index in [9.17, 15) is 9.90 Å². The summed E-state index contributed by atoms with van der Waals surface area (Å²) in [6.45, 7) is 6.06. The van der Waals surface area contributed by atoms with Crippen LogP contribution in [0.5, 0.6) is 0 Å². The summed E-state index contributed by atoms with van der Waals surface area (Å²) in [5.74, 6) is 1.14. The molecule has 1 aliphatic carbocycles. The van der Waals surface area contributed by atoms with Gasteiger partial charge in [-0.05, 0) is 45.4 Å². The van der Waals surface area contributed by atoms with E-state index >= 15 is 0 Å². The minimum Gasteiger partial charge on any atom is -0.394 e. The molecular formula is C13H25NO2. The fourth-order valence-electron chi connectivity index (χ4n) is 2.19. The predicted molar refractivity (Wildman–Crippen MR) is 65.1 cm³/mol. The highest BCUT2D eigenvalue weighted by molar-refractivity contribution is 5.79. The first-order valence-corrected chi connectivity index (χ1v) is 6.27. The second-order valence-electron chi connectivity index (χ2n) is 5.82. The molecule has 0 bridgehead atoms. The maximum Gasteiger partial charge on any atom is 0.225 e. The Labute approximate surface area is 98.8 Å². The van der Waals surface area contributed by atoms with Crippen LogP contribution in [0.15, 0.2) is 0 Å². The van der Waals surface area contributed by atoms with Crippen LogP contribution in [0.25, 0.3) is 0 Å². The summed E-state index contributed by atoms with van der Waals surface area (Å²) in [6.07, 6.45) is 4.32. The molecule has 94 valence electrons. The number of hydrogen-bond donors (Lipinski definition) is 1. The van der Waals surface area contributed by atoms with Crippen LogP contribution in [0.4, 0.5) is 0 Å². The van der Waals surface area contributed by atoms with Gasteiger partial charge in [0.2, 0.25) is 5.91 Å². The summed E-state index contributed by atoms with van der Waals surface area (Å²) in [5.41, 5.74) is -0.444. The lowest BCUT2D eigenvalue weighted by atomic mass is 9.82. The molecule has 1 amide bonds. The quantitative estimate of drug-likeness (QED) is 0.801. The number of amides is 1. The number of carbonyl (C=O) groups is 1. The van der Waals surface area contributed by atoms with E-state index in [-0.39, 0.29) is 18.4 Å². The highest BCUT2D eigenvalue weighted by Gasteiger charge is 2.33. The van der Waals surface area contributed by atoms with Crippen molar-refractivity contribution in [3.05, 3.63) is 0 Å². The van der Waals surface area contributed by atoms with Gasteiger partial charge in [-0.25, -0.2) is 0 Å². The number of carbonyl (C=O) groups excluding carboxylic acids is 1. The van der Waals surface area contributed by atoms with Gasteiger partial charge in [0.25, 0.3) is 0 Å². The topological polar surface area (TPSA) is 40.5 Å². The van der Waals surface area contributed by atoms with E-state index in [2.05, 4.69) is 6.92 Å². The number of likely N-dealkylation sites (N-methyl/N-ethyl adjacent to an activating group) is 1. The minimum atomic E-state index is -0.444. The van der Waals surface area contributed by atoms with Gasteiger partial charge in [0, 0.05) is 13.0 Å². The molecule has 0 aromatic heterocycles. The average Bonchev–Trinajstić information content (AvgIpc) is 2.28. The van der Waals surface area contributed by atoms with Gasteiger partial charge in [-0.15, -0.1) is 0 Å². The van der Waals surface area contributed by atoms with Gasteiger partial charge in [-0.1, -0.05) is 6.92 Å². The molecule has 1 fully saturated rings. The first-order chi connectivity index (χ1) is 7.38. The first-order valence-electron chi connectivity index (χ1n) is 6.27. The van der Waals surface area contributed by atoms with Crippen LogP contribution in [0.3, 0.4) is 0 Å². The molecule has 1 aliphatic rings. The van der Waals surface area contributed by atoms with Crippen LogP contribution in [0.2, 0.25) is 0 Å². The molecule has 3 heteroatoms. The summed E-state index contributed by atoms with van der Waals surface area (Å²) in [6, 6.07) is 0. The maximum atomic E-state index is 12.2. The minimum absolute atomic E-state index is 0.0123. The molecule has 0 spiro atoms. The van der Waals surface area contributed by atoms with Crippen molar-refractivity contribution in [2.24, 2.45) is 11.8 Å². The van der Waals surface area contributed by atoms with Crippen molar-refractivity contribution in [3.63, 3.8) is 0 Å². The molecule has 1 N–H and O–H groups in total. The summed E-state index contributed by atoms with van der Waals surface area (Å²) in [5, 5.41) is 9.26. The van der Waals surface area contributed by atoms with Crippen molar-refractivity contribution in [1.82, 2.24) is 4.90 Å². The SMILES string of the molecule is CC1CCC(C(=O)N(C)C(C)(C)CO)CC1. The van der Waals surface area contributed by atoms with E-state index in [1.807, 2.05) is 13.8 Å². The lowest BCUT2D eigenvalue weighted by molar-refractivity contribution is -0.141. The Bertz CT molecular complexity index is 242. The zero-order valence-electron chi connectivity index (χ0n) is 11.0. The highest BCUT2D eigenvalue weighted by Crippen LogP contribution is 2.30. The number of aliphatic hydroxyl groups is 1. The van der Waals surface area contributed by atoms with Crippen molar-refractivity contribution < 1.29 is 9.90 Å². The van der Waals surface area contributed by atoms with Crippen LogP contribution >= 0.6 is 0 Å². The zero-order chi connectivity index (χ0) is 12.3. The van der Waals surface area contributed by atoms with Crippen molar-refractivity contribution in [1.29, 1.82) is 0 Å². The van der Waals surface area contributed by atoms with Crippen molar-refractivity contribution in [3.8, 4) is 0 Å². The smallest absolute Gasteiger partial charge is 0.225 e. The Kier molecular flexibility index (Phi) is 4.36. The Morgan fingerprint density at radius 1 is 1.31 bits per heavy atom. The number of nitrogens with zero attached hydrogens (tertiary/aromatic N) is 1. The predicted octanol–water partition coefficient (Wildman–Crippen LogP) is 2.04. The molecule has 0 heterocycles.